The highest BCUT2D eigenvalue weighted by Gasteiger charge is 2.02. The summed E-state index contributed by atoms with van der Waals surface area (Å²) in [5.74, 6) is 0.857. The Morgan fingerprint density at radius 1 is 1.20 bits per heavy atom. The highest BCUT2D eigenvalue weighted by molar-refractivity contribution is 5.85. The molecule has 6 heteroatoms. The van der Waals surface area contributed by atoms with Gasteiger partial charge in [-0.15, -0.1) is 12.4 Å². The molecule has 0 radical (unpaired) electrons. The first-order chi connectivity index (χ1) is 9.11. The zero-order valence-electron chi connectivity index (χ0n) is 11.9. The lowest BCUT2D eigenvalue weighted by Crippen LogP contribution is -2.24. The summed E-state index contributed by atoms with van der Waals surface area (Å²) >= 11 is 0. The van der Waals surface area contributed by atoms with E-state index >= 15 is 0 Å². The molecule has 0 unspecified atom stereocenters. The van der Waals surface area contributed by atoms with E-state index in [9.17, 15) is 4.79 Å². The van der Waals surface area contributed by atoms with E-state index in [0.29, 0.717) is 13.2 Å². The summed E-state index contributed by atoms with van der Waals surface area (Å²) in [5.41, 5.74) is 0. The van der Waals surface area contributed by atoms with Crippen LogP contribution in [-0.2, 0) is 4.79 Å². The summed E-state index contributed by atoms with van der Waals surface area (Å²) in [6.07, 6.45) is 1.04. The lowest BCUT2D eigenvalue weighted by Gasteiger charge is -2.15. The number of rotatable bonds is 9. The number of halogens is 1. The third-order valence-corrected chi connectivity index (χ3v) is 2.72. The van der Waals surface area contributed by atoms with Gasteiger partial charge in [-0.3, -0.25) is 4.79 Å². The molecule has 1 rings (SSSR count). The van der Waals surface area contributed by atoms with Crippen molar-refractivity contribution in [1.82, 2.24) is 4.90 Å². The van der Waals surface area contributed by atoms with Crippen molar-refractivity contribution in [3.8, 4) is 11.5 Å². The molecule has 114 valence electrons. The molecule has 0 fully saturated rings. The highest BCUT2D eigenvalue weighted by Crippen LogP contribution is 2.16. The van der Waals surface area contributed by atoms with Gasteiger partial charge in [0.2, 0.25) is 0 Å². The fraction of sp³-hybridized carbons (Fsp3) is 0.500. The molecule has 1 N–H and O–H groups in total. The van der Waals surface area contributed by atoms with Gasteiger partial charge in [0, 0.05) is 13.1 Å². The van der Waals surface area contributed by atoms with E-state index in [-0.39, 0.29) is 18.8 Å². The normalized spacial score (nSPS) is 9.95. The van der Waals surface area contributed by atoms with Crippen LogP contribution in [0, 0.1) is 0 Å². The van der Waals surface area contributed by atoms with Crippen molar-refractivity contribution in [3.05, 3.63) is 24.3 Å². The van der Waals surface area contributed by atoms with Crippen LogP contribution in [-0.4, -0.2) is 49.8 Å². The number of methoxy groups -OCH3 is 1. The lowest BCUT2D eigenvalue weighted by molar-refractivity contribution is -0.137. The molecule has 0 aliphatic carbocycles. The average Bonchev–Trinajstić information content (AvgIpc) is 2.42. The zero-order valence-corrected chi connectivity index (χ0v) is 12.7. The molecule has 0 bridgehead atoms. The van der Waals surface area contributed by atoms with E-state index in [4.69, 9.17) is 14.6 Å². The second-order valence-electron chi connectivity index (χ2n) is 4.32. The largest absolute Gasteiger partial charge is 0.497 e. The molecule has 0 saturated carbocycles. The van der Waals surface area contributed by atoms with E-state index in [0.717, 1.165) is 24.5 Å². The minimum absolute atomic E-state index is 0. The number of hydrogen-bond donors (Lipinski definition) is 1. The molecular weight excluding hydrogens is 282 g/mol. The topological polar surface area (TPSA) is 59.0 Å². The van der Waals surface area contributed by atoms with Crippen LogP contribution >= 0.6 is 12.4 Å². The van der Waals surface area contributed by atoms with E-state index < -0.39 is 5.97 Å². The molecule has 0 heterocycles. The van der Waals surface area contributed by atoms with E-state index in [1.54, 1.807) is 7.11 Å². The monoisotopic (exact) mass is 303 g/mol. The van der Waals surface area contributed by atoms with Crippen LogP contribution in [0.2, 0.25) is 0 Å². The number of hydrogen-bond acceptors (Lipinski definition) is 4. The van der Waals surface area contributed by atoms with Gasteiger partial charge < -0.3 is 19.5 Å². The van der Waals surface area contributed by atoms with Crippen LogP contribution in [0.25, 0.3) is 0 Å². The third kappa shape index (κ3) is 7.86. The smallest absolute Gasteiger partial charge is 0.304 e. The number of carbonyl (C=O) groups is 1. The van der Waals surface area contributed by atoms with Crippen LogP contribution in [0.5, 0.6) is 11.5 Å². The number of nitrogens with zero attached hydrogens (tertiary/aromatic N) is 1. The Labute approximate surface area is 125 Å². The Hall–Kier alpha value is -1.46. The summed E-state index contributed by atoms with van der Waals surface area (Å²) in [5, 5.41) is 8.56. The van der Waals surface area contributed by atoms with Crippen LogP contribution < -0.4 is 9.47 Å². The summed E-state index contributed by atoms with van der Waals surface area (Å²) in [7, 11) is 3.54. The number of aliphatic carboxylic acids is 1. The fourth-order valence-corrected chi connectivity index (χ4v) is 1.59. The quantitative estimate of drug-likeness (QED) is 0.709. The van der Waals surface area contributed by atoms with Gasteiger partial charge >= 0.3 is 5.97 Å². The van der Waals surface area contributed by atoms with Crippen LogP contribution in [0.4, 0.5) is 0 Å². The molecule has 0 aliphatic rings. The van der Waals surface area contributed by atoms with Gasteiger partial charge in [0.25, 0.3) is 0 Å². The predicted octanol–water partition coefficient (Wildman–Crippen LogP) is 2.29. The SMILES string of the molecule is COc1ccc(OCCCN(C)CCC(=O)O)cc1.Cl. The first kappa shape index (κ1) is 18.5. The Kier molecular flexibility index (Phi) is 9.59. The number of benzene rings is 1. The van der Waals surface area contributed by atoms with Crippen LogP contribution in [0.3, 0.4) is 0 Å². The van der Waals surface area contributed by atoms with Gasteiger partial charge in [-0.2, -0.15) is 0 Å². The maximum atomic E-state index is 10.4. The molecule has 1 aromatic rings. The van der Waals surface area contributed by atoms with Gasteiger partial charge in [-0.1, -0.05) is 0 Å². The van der Waals surface area contributed by atoms with Crippen molar-refractivity contribution in [2.75, 3.05) is 33.9 Å². The van der Waals surface area contributed by atoms with Gasteiger partial charge in [0.05, 0.1) is 20.1 Å². The molecule has 5 nitrogen and oxygen atoms in total. The average molecular weight is 304 g/mol. The molecule has 0 atom stereocenters. The standard InChI is InChI=1S/C14H21NO4.ClH/c1-15(10-8-14(16)17)9-3-11-19-13-6-4-12(18-2)5-7-13;/h4-7H,3,8-11H2,1-2H3,(H,16,17);1H. The maximum Gasteiger partial charge on any atom is 0.304 e. The van der Waals surface area contributed by atoms with Crippen LogP contribution in [0.15, 0.2) is 24.3 Å². The van der Waals surface area contributed by atoms with Crippen molar-refractivity contribution in [1.29, 1.82) is 0 Å². The van der Waals surface area contributed by atoms with Crippen molar-refractivity contribution in [2.24, 2.45) is 0 Å². The first-order valence-corrected chi connectivity index (χ1v) is 6.29. The number of carboxylic acids is 1. The Balaban J connectivity index is 0.00000361. The van der Waals surface area contributed by atoms with E-state index in [2.05, 4.69) is 0 Å². The molecule has 0 saturated heterocycles. The predicted molar refractivity (Wildman–Crippen MR) is 80.1 cm³/mol. The minimum atomic E-state index is -0.763. The van der Waals surface area contributed by atoms with E-state index in [1.165, 1.54) is 0 Å². The number of ether oxygens (including phenoxy) is 2. The molecule has 0 spiro atoms. The summed E-state index contributed by atoms with van der Waals surface area (Å²) in [6, 6.07) is 7.45. The Morgan fingerprint density at radius 3 is 2.35 bits per heavy atom. The van der Waals surface area contributed by atoms with Gasteiger partial charge in [-0.25, -0.2) is 0 Å². The highest BCUT2D eigenvalue weighted by atomic mass is 35.5. The zero-order chi connectivity index (χ0) is 14.1. The summed E-state index contributed by atoms with van der Waals surface area (Å²) in [4.78, 5) is 12.4. The van der Waals surface area contributed by atoms with Gasteiger partial charge in [0.15, 0.2) is 0 Å². The molecule has 0 aromatic heterocycles. The number of carboxylic acid groups (broad SMARTS) is 1. The molecule has 1 aromatic carbocycles. The van der Waals surface area contributed by atoms with Crippen molar-refractivity contribution in [3.63, 3.8) is 0 Å². The van der Waals surface area contributed by atoms with Gasteiger partial charge in [0.1, 0.15) is 11.5 Å². The molecule has 0 aliphatic heterocycles. The Bertz CT molecular complexity index is 383. The molecular formula is C14H22ClNO4. The second-order valence-corrected chi connectivity index (χ2v) is 4.32. The van der Waals surface area contributed by atoms with Crippen molar-refractivity contribution >= 4 is 18.4 Å². The summed E-state index contributed by atoms with van der Waals surface area (Å²) in [6.45, 7) is 2.01. The second kappa shape index (κ2) is 10.3. The summed E-state index contributed by atoms with van der Waals surface area (Å²) < 4.78 is 10.6. The van der Waals surface area contributed by atoms with Gasteiger partial charge in [-0.05, 0) is 37.7 Å². The van der Waals surface area contributed by atoms with Crippen LogP contribution in [0.1, 0.15) is 12.8 Å². The van der Waals surface area contributed by atoms with Crippen molar-refractivity contribution < 1.29 is 19.4 Å². The maximum absolute atomic E-state index is 10.4. The van der Waals surface area contributed by atoms with E-state index in [1.807, 2.05) is 36.2 Å². The third-order valence-electron chi connectivity index (χ3n) is 2.72. The molecule has 20 heavy (non-hydrogen) atoms. The fourth-order valence-electron chi connectivity index (χ4n) is 1.59. The molecule has 0 amide bonds. The first-order valence-electron chi connectivity index (χ1n) is 6.29. The van der Waals surface area contributed by atoms with Crippen molar-refractivity contribution in [2.45, 2.75) is 12.8 Å². The lowest BCUT2D eigenvalue weighted by atomic mass is 10.3. The Morgan fingerprint density at radius 2 is 1.80 bits per heavy atom. The minimum Gasteiger partial charge on any atom is -0.497 e.